The van der Waals surface area contributed by atoms with Crippen molar-refractivity contribution in [3.63, 3.8) is 0 Å². The van der Waals surface area contributed by atoms with Crippen molar-refractivity contribution in [2.75, 3.05) is 11.9 Å². The molecule has 0 bridgehead atoms. The Labute approximate surface area is 158 Å². The number of hydrogen-bond acceptors (Lipinski definition) is 3. The van der Waals surface area contributed by atoms with Crippen molar-refractivity contribution in [1.82, 2.24) is 4.31 Å². The zero-order valence-electron chi connectivity index (χ0n) is 13.5. The minimum Gasteiger partial charge on any atom is -0.322 e. The number of amides is 1. The molecule has 0 unspecified atom stereocenters. The lowest BCUT2D eigenvalue weighted by atomic mass is 10.2. The van der Waals surface area contributed by atoms with Gasteiger partial charge in [0, 0.05) is 17.1 Å². The van der Waals surface area contributed by atoms with Crippen LogP contribution in [0.15, 0.2) is 51.8 Å². The van der Waals surface area contributed by atoms with Crippen LogP contribution in [0, 0.1) is 11.6 Å². The summed E-state index contributed by atoms with van der Waals surface area (Å²) in [5.74, 6) is -2.33. The normalized spacial score (nSPS) is 18.0. The quantitative estimate of drug-likeness (QED) is 0.784. The summed E-state index contributed by atoms with van der Waals surface area (Å²) in [5, 5.41) is 2.35. The zero-order valence-corrected chi connectivity index (χ0v) is 15.9. The Bertz CT molecular complexity index is 936. The van der Waals surface area contributed by atoms with Gasteiger partial charge in [-0.2, -0.15) is 4.31 Å². The average molecular weight is 445 g/mol. The molecule has 0 spiro atoms. The number of nitrogens with zero attached hydrogens (tertiary/aromatic N) is 1. The van der Waals surface area contributed by atoms with Gasteiger partial charge in [-0.1, -0.05) is 15.9 Å². The van der Waals surface area contributed by atoms with Crippen LogP contribution in [0.3, 0.4) is 0 Å². The third kappa shape index (κ3) is 3.79. The van der Waals surface area contributed by atoms with Crippen LogP contribution < -0.4 is 5.32 Å². The van der Waals surface area contributed by atoms with Crippen LogP contribution in [0.5, 0.6) is 0 Å². The molecule has 9 heteroatoms. The maximum Gasteiger partial charge on any atom is 0.243 e. The smallest absolute Gasteiger partial charge is 0.243 e. The van der Waals surface area contributed by atoms with Gasteiger partial charge in [0.15, 0.2) is 0 Å². The molecule has 1 atom stereocenters. The molecule has 0 aliphatic carbocycles. The summed E-state index contributed by atoms with van der Waals surface area (Å²) < 4.78 is 54.2. The number of hydrogen-bond donors (Lipinski definition) is 1. The van der Waals surface area contributed by atoms with Gasteiger partial charge >= 0.3 is 0 Å². The molecule has 138 valence electrons. The number of carbonyl (C=O) groups excluding carboxylic acids is 1. The van der Waals surface area contributed by atoms with Crippen LogP contribution in [0.2, 0.25) is 0 Å². The molecule has 1 amide bonds. The lowest BCUT2D eigenvalue weighted by Crippen LogP contribution is -2.43. The lowest BCUT2D eigenvalue weighted by molar-refractivity contribution is -0.119. The molecule has 2 aromatic rings. The predicted molar refractivity (Wildman–Crippen MR) is 96.0 cm³/mol. The molecular weight excluding hydrogens is 430 g/mol. The first-order chi connectivity index (χ1) is 12.3. The minimum atomic E-state index is -3.86. The van der Waals surface area contributed by atoms with Gasteiger partial charge in [-0.15, -0.1) is 0 Å². The number of rotatable bonds is 4. The highest BCUT2D eigenvalue weighted by molar-refractivity contribution is 9.10. The van der Waals surface area contributed by atoms with E-state index in [4.69, 9.17) is 0 Å². The topological polar surface area (TPSA) is 66.5 Å². The molecule has 26 heavy (non-hydrogen) atoms. The maximum atomic E-state index is 13.7. The van der Waals surface area contributed by atoms with Crippen molar-refractivity contribution in [2.45, 2.75) is 23.8 Å². The van der Waals surface area contributed by atoms with E-state index in [9.17, 15) is 22.0 Å². The van der Waals surface area contributed by atoms with E-state index < -0.39 is 33.6 Å². The first-order valence-corrected chi connectivity index (χ1v) is 10.1. The van der Waals surface area contributed by atoms with Crippen LogP contribution in [-0.2, 0) is 14.8 Å². The number of nitrogens with one attached hydrogen (secondary N) is 1. The number of sulfonamides is 1. The van der Waals surface area contributed by atoms with Crippen LogP contribution >= 0.6 is 15.9 Å². The molecule has 1 N–H and O–H groups in total. The van der Waals surface area contributed by atoms with Gasteiger partial charge in [0.25, 0.3) is 0 Å². The van der Waals surface area contributed by atoms with Gasteiger partial charge in [-0.25, -0.2) is 17.2 Å². The van der Waals surface area contributed by atoms with Crippen molar-refractivity contribution in [2.24, 2.45) is 0 Å². The Morgan fingerprint density at radius 3 is 2.50 bits per heavy atom. The van der Waals surface area contributed by atoms with E-state index in [-0.39, 0.29) is 17.1 Å². The maximum absolute atomic E-state index is 13.7. The summed E-state index contributed by atoms with van der Waals surface area (Å²) in [6.45, 7) is 0.197. The average Bonchev–Trinajstić information content (AvgIpc) is 3.08. The molecule has 2 aromatic carbocycles. The second-order valence-electron chi connectivity index (χ2n) is 5.84. The first kappa shape index (κ1) is 18.9. The van der Waals surface area contributed by atoms with Gasteiger partial charge in [-0.3, -0.25) is 4.79 Å². The van der Waals surface area contributed by atoms with E-state index in [0.29, 0.717) is 18.9 Å². The van der Waals surface area contributed by atoms with Crippen molar-refractivity contribution in [3.05, 3.63) is 58.6 Å². The van der Waals surface area contributed by atoms with Crippen molar-refractivity contribution in [1.29, 1.82) is 0 Å². The Kier molecular flexibility index (Phi) is 5.40. The SMILES string of the molecule is O=C(Nc1ccc(F)cc1F)[C@H]1CCCN1S(=O)(=O)c1ccc(Br)cc1. The summed E-state index contributed by atoms with van der Waals surface area (Å²) in [4.78, 5) is 12.6. The van der Waals surface area contributed by atoms with E-state index in [2.05, 4.69) is 21.2 Å². The van der Waals surface area contributed by atoms with Crippen molar-refractivity contribution in [3.8, 4) is 0 Å². The zero-order chi connectivity index (χ0) is 18.9. The van der Waals surface area contributed by atoms with E-state index in [1.54, 1.807) is 12.1 Å². The molecule has 1 fully saturated rings. The molecule has 0 saturated carbocycles. The molecule has 0 aromatic heterocycles. The third-order valence-corrected chi connectivity index (χ3v) is 6.57. The van der Waals surface area contributed by atoms with E-state index in [0.717, 1.165) is 20.9 Å². The summed E-state index contributed by atoms with van der Waals surface area (Å²) in [5.41, 5.74) is -0.190. The van der Waals surface area contributed by atoms with Crippen molar-refractivity contribution >= 4 is 37.5 Å². The third-order valence-electron chi connectivity index (χ3n) is 4.12. The first-order valence-electron chi connectivity index (χ1n) is 7.82. The Morgan fingerprint density at radius 2 is 1.85 bits per heavy atom. The van der Waals surface area contributed by atoms with Gasteiger partial charge in [-0.05, 0) is 49.2 Å². The Balaban J connectivity index is 1.83. The summed E-state index contributed by atoms with van der Waals surface area (Å²) in [7, 11) is -3.86. The number of carbonyl (C=O) groups is 1. The number of benzene rings is 2. The molecule has 5 nitrogen and oxygen atoms in total. The van der Waals surface area contributed by atoms with Crippen LogP contribution in [0.4, 0.5) is 14.5 Å². The molecular formula is C17H15BrF2N2O3S. The van der Waals surface area contributed by atoms with Gasteiger partial charge in [0.1, 0.15) is 17.7 Å². The number of anilines is 1. The fraction of sp³-hybridized carbons (Fsp3) is 0.235. The molecule has 1 saturated heterocycles. The van der Waals surface area contributed by atoms with Gasteiger partial charge in [0.05, 0.1) is 10.6 Å². The van der Waals surface area contributed by atoms with Gasteiger partial charge in [0.2, 0.25) is 15.9 Å². The summed E-state index contributed by atoms with van der Waals surface area (Å²) in [6, 6.07) is 7.93. The monoisotopic (exact) mass is 444 g/mol. The number of halogens is 3. The van der Waals surface area contributed by atoms with E-state index in [1.165, 1.54) is 12.1 Å². The molecule has 3 rings (SSSR count). The lowest BCUT2D eigenvalue weighted by Gasteiger charge is -2.23. The highest BCUT2D eigenvalue weighted by atomic mass is 79.9. The van der Waals surface area contributed by atoms with Crippen molar-refractivity contribution < 1.29 is 22.0 Å². The standard InChI is InChI=1S/C17H15BrF2N2O3S/c18-11-3-6-13(7-4-11)26(24,25)22-9-1-2-16(22)17(23)21-15-8-5-12(19)10-14(15)20/h3-8,10,16H,1-2,9H2,(H,21,23)/t16-/m1/s1. The fourth-order valence-electron chi connectivity index (χ4n) is 2.84. The highest BCUT2D eigenvalue weighted by Gasteiger charge is 2.39. The molecule has 1 heterocycles. The molecule has 0 radical (unpaired) electrons. The van der Waals surface area contributed by atoms with Gasteiger partial charge < -0.3 is 5.32 Å². The summed E-state index contributed by atoms with van der Waals surface area (Å²) >= 11 is 3.24. The Hall–Kier alpha value is -1.84. The highest BCUT2D eigenvalue weighted by Crippen LogP contribution is 2.28. The van der Waals surface area contributed by atoms with Crippen LogP contribution in [-0.4, -0.2) is 31.2 Å². The van der Waals surface area contributed by atoms with E-state index in [1.807, 2.05) is 0 Å². The Morgan fingerprint density at radius 1 is 1.15 bits per heavy atom. The van der Waals surface area contributed by atoms with E-state index >= 15 is 0 Å². The second kappa shape index (κ2) is 7.42. The van der Waals surface area contributed by atoms with Crippen LogP contribution in [0.25, 0.3) is 0 Å². The predicted octanol–water partition coefficient (Wildman–Crippen LogP) is 3.52. The van der Waals surface area contributed by atoms with Crippen LogP contribution in [0.1, 0.15) is 12.8 Å². The second-order valence-corrected chi connectivity index (χ2v) is 8.65. The summed E-state index contributed by atoms with van der Waals surface area (Å²) in [6.07, 6.45) is 0.837. The minimum absolute atomic E-state index is 0.0772. The molecule has 1 aliphatic heterocycles. The largest absolute Gasteiger partial charge is 0.322 e. The molecule has 1 aliphatic rings. The fourth-order valence-corrected chi connectivity index (χ4v) is 4.76.